The van der Waals surface area contributed by atoms with Gasteiger partial charge in [-0.25, -0.2) is 0 Å². The topological polar surface area (TPSA) is 17.1 Å². The number of ketones is 1. The second-order valence-corrected chi connectivity index (χ2v) is 3.33. The highest BCUT2D eigenvalue weighted by Crippen LogP contribution is 2.02. The summed E-state index contributed by atoms with van der Waals surface area (Å²) in [5.41, 5.74) is 0.749. The van der Waals surface area contributed by atoms with Gasteiger partial charge in [0.05, 0.1) is 0 Å². The molecule has 0 bridgehead atoms. The predicted octanol–water partition coefficient (Wildman–Crippen LogP) is 3.08. The summed E-state index contributed by atoms with van der Waals surface area (Å²) in [7, 11) is 0. The summed E-state index contributed by atoms with van der Waals surface area (Å²) in [5.74, 6) is 0.502. The number of hydrogen-bond acceptors (Lipinski definition) is 1. The van der Waals surface area contributed by atoms with Crippen LogP contribution in [0.2, 0.25) is 0 Å². The lowest BCUT2D eigenvalue weighted by molar-refractivity contribution is 0.104. The van der Waals surface area contributed by atoms with Crippen molar-refractivity contribution < 1.29 is 4.79 Å². The Kier molecular flexibility index (Phi) is 3.44. The van der Waals surface area contributed by atoms with Crippen molar-refractivity contribution in [1.29, 1.82) is 0 Å². The molecule has 1 aromatic carbocycles. The second-order valence-electron chi connectivity index (χ2n) is 3.33. The maximum absolute atomic E-state index is 11.5. The molecule has 1 nitrogen and oxygen atoms in total. The van der Waals surface area contributed by atoms with Gasteiger partial charge in [-0.1, -0.05) is 50.3 Å². The van der Waals surface area contributed by atoms with Gasteiger partial charge < -0.3 is 0 Å². The maximum Gasteiger partial charge on any atom is 0.185 e. The third-order valence-electron chi connectivity index (χ3n) is 1.69. The van der Waals surface area contributed by atoms with Crippen LogP contribution in [0.1, 0.15) is 24.2 Å². The van der Waals surface area contributed by atoms with Gasteiger partial charge in [-0.3, -0.25) is 4.79 Å². The van der Waals surface area contributed by atoms with Gasteiger partial charge in [0.2, 0.25) is 0 Å². The van der Waals surface area contributed by atoms with Crippen LogP contribution in [0.15, 0.2) is 42.5 Å². The minimum Gasteiger partial charge on any atom is -0.289 e. The van der Waals surface area contributed by atoms with Crippen molar-refractivity contribution in [3.8, 4) is 0 Å². The van der Waals surface area contributed by atoms with Crippen LogP contribution in [0.5, 0.6) is 0 Å². The molecule has 0 unspecified atom stereocenters. The Morgan fingerprint density at radius 3 is 2.38 bits per heavy atom. The fraction of sp³-hybridized carbons (Fsp3) is 0.250. The van der Waals surface area contributed by atoms with Crippen LogP contribution in [0, 0.1) is 5.92 Å². The molecule has 0 N–H and O–H groups in total. The summed E-state index contributed by atoms with van der Waals surface area (Å²) >= 11 is 0. The van der Waals surface area contributed by atoms with E-state index in [1.54, 1.807) is 6.08 Å². The lowest BCUT2D eigenvalue weighted by Crippen LogP contribution is -1.93. The summed E-state index contributed by atoms with van der Waals surface area (Å²) in [5, 5.41) is 0. The van der Waals surface area contributed by atoms with E-state index >= 15 is 0 Å². The van der Waals surface area contributed by atoms with Crippen LogP contribution >= 0.6 is 0 Å². The van der Waals surface area contributed by atoms with E-state index in [2.05, 4.69) is 13.8 Å². The van der Waals surface area contributed by atoms with Crippen LogP contribution in [0.4, 0.5) is 0 Å². The monoisotopic (exact) mass is 174 g/mol. The molecular weight excluding hydrogens is 160 g/mol. The average molecular weight is 174 g/mol. The molecule has 1 heteroatoms. The van der Waals surface area contributed by atoms with Crippen molar-refractivity contribution in [3.63, 3.8) is 0 Å². The predicted molar refractivity (Wildman–Crippen MR) is 54.8 cm³/mol. The van der Waals surface area contributed by atoms with Gasteiger partial charge in [-0.2, -0.15) is 0 Å². The van der Waals surface area contributed by atoms with Crippen LogP contribution in [-0.2, 0) is 0 Å². The van der Waals surface area contributed by atoms with Crippen molar-refractivity contribution in [2.24, 2.45) is 5.92 Å². The molecule has 0 fully saturated rings. The fourth-order valence-electron chi connectivity index (χ4n) is 0.978. The van der Waals surface area contributed by atoms with Crippen molar-refractivity contribution in [2.75, 3.05) is 0 Å². The molecule has 0 radical (unpaired) electrons. The highest BCUT2D eigenvalue weighted by atomic mass is 16.1. The van der Waals surface area contributed by atoms with Crippen molar-refractivity contribution in [3.05, 3.63) is 48.0 Å². The molecule has 0 aliphatic heterocycles. The summed E-state index contributed by atoms with van der Waals surface area (Å²) < 4.78 is 0. The Hall–Kier alpha value is -1.37. The normalized spacial score (nSPS) is 11.0. The Balaban J connectivity index is 2.70. The molecule has 0 amide bonds. The zero-order chi connectivity index (χ0) is 9.68. The zero-order valence-electron chi connectivity index (χ0n) is 8.03. The van der Waals surface area contributed by atoms with E-state index in [0.717, 1.165) is 5.56 Å². The fourth-order valence-corrected chi connectivity index (χ4v) is 0.978. The Labute approximate surface area is 79.1 Å². The van der Waals surface area contributed by atoms with E-state index in [1.165, 1.54) is 0 Å². The summed E-state index contributed by atoms with van der Waals surface area (Å²) in [6.07, 6.45) is 3.55. The third kappa shape index (κ3) is 3.24. The average Bonchev–Trinajstić information content (AvgIpc) is 2.15. The molecule has 1 aromatic rings. The Morgan fingerprint density at radius 1 is 1.23 bits per heavy atom. The first kappa shape index (κ1) is 9.72. The van der Waals surface area contributed by atoms with Crippen LogP contribution < -0.4 is 0 Å². The zero-order valence-corrected chi connectivity index (χ0v) is 8.03. The molecule has 0 aliphatic rings. The largest absolute Gasteiger partial charge is 0.289 e. The molecule has 0 aromatic heterocycles. The summed E-state index contributed by atoms with van der Waals surface area (Å²) in [4.78, 5) is 11.5. The van der Waals surface area contributed by atoms with Crippen LogP contribution in [-0.4, -0.2) is 5.78 Å². The van der Waals surface area contributed by atoms with E-state index in [4.69, 9.17) is 0 Å². The van der Waals surface area contributed by atoms with E-state index in [-0.39, 0.29) is 5.78 Å². The van der Waals surface area contributed by atoms with Crippen molar-refractivity contribution in [1.82, 2.24) is 0 Å². The smallest absolute Gasteiger partial charge is 0.185 e. The Morgan fingerprint density at radius 2 is 1.85 bits per heavy atom. The van der Waals surface area contributed by atoms with E-state index in [0.29, 0.717) is 5.92 Å². The van der Waals surface area contributed by atoms with Crippen LogP contribution in [0.25, 0.3) is 0 Å². The van der Waals surface area contributed by atoms with Crippen LogP contribution in [0.3, 0.4) is 0 Å². The minimum absolute atomic E-state index is 0.0781. The number of hydrogen-bond donors (Lipinski definition) is 0. The number of carbonyl (C=O) groups excluding carboxylic acids is 1. The number of allylic oxidation sites excluding steroid dienone is 2. The Bertz CT molecular complexity index is 296. The lowest BCUT2D eigenvalue weighted by atomic mass is 10.1. The molecule has 1 rings (SSSR count). The third-order valence-corrected chi connectivity index (χ3v) is 1.69. The molecule has 0 saturated carbocycles. The summed E-state index contributed by atoms with van der Waals surface area (Å²) in [6.45, 7) is 4.10. The molecule has 0 heterocycles. The van der Waals surface area contributed by atoms with Gasteiger partial charge in [0.1, 0.15) is 0 Å². The quantitative estimate of drug-likeness (QED) is 0.508. The molecule has 0 saturated heterocycles. The van der Waals surface area contributed by atoms with Gasteiger partial charge in [0.15, 0.2) is 5.78 Å². The highest BCUT2D eigenvalue weighted by molar-refractivity contribution is 6.04. The van der Waals surface area contributed by atoms with Gasteiger partial charge in [0, 0.05) is 5.56 Å². The molecule has 0 atom stereocenters. The minimum atomic E-state index is 0.0781. The molecule has 0 spiro atoms. The first-order valence-corrected chi connectivity index (χ1v) is 4.47. The van der Waals surface area contributed by atoms with E-state index < -0.39 is 0 Å². The second kappa shape index (κ2) is 4.61. The lowest BCUT2D eigenvalue weighted by Gasteiger charge is -1.95. The SMILES string of the molecule is CC(C)C=CC(=O)c1ccccc1. The number of rotatable bonds is 3. The molecular formula is C12H14O. The number of benzene rings is 1. The first-order valence-electron chi connectivity index (χ1n) is 4.47. The maximum atomic E-state index is 11.5. The standard InChI is InChI=1S/C12H14O/c1-10(2)8-9-12(13)11-6-4-3-5-7-11/h3-10H,1-2H3. The highest BCUT2D eigenvalue weighted by Gasteiger charge is 1.98. The summed E-state index contributed by atoms with van der Waals surface area (Å²) in [6, 6.07) is 9.30. The molecule has 68 valence electrons. The van der Waals surface area contributed by atoms with Crippen molar-refractivity contribution >= 4 is 5.78 Å². The first-order chi connectivity index (χ1) is 6.20. The van der Waals surface area contributed by atoms with Crippen molar-refractivity contribution in [2.45, 2.75) is 13.8 Å². The van der Waals surface area contributed by atoms with Gasteiger partial charge >= 0.3 is 0 Å². The number of carbonyl (C=O) groups is 1. The van der Waals surface area contributed by atoms with E-state index in [9.17, 15) is 4.79 Å². The van der Waals surface area contributed by atoms with Gasteiger partial charge in [-0.05, 0) is 12.0 Å². The van der Waals surface area contributed by atoms with E-state index in [1.807, 2.05) is 36.4 Å². The molecule has 13 heavy (non-hydrogen) atoms. The van der Waals surface area contributed by atoms with Gasteiger partial charge in [0.25, 0.3) is 0 Å². The van der Waals surface area contributed by atoms with Gasteiger partial charge in [-0.15, -0.1) is 0 Å². The molecule has 0 aliphatic carbocycles.